The number of carbonyl (C=O) groups excluding carboxylic acids is 1. The molecule has 1 amide bonds. The second kappa shape index (κ2) is 7.84. The van der Waals surface area contributed by atoms with E-state index in [4.69, 9.17) is 14.2 Å². The van der Waals surface area contributed by atoms with Crippen molar-refractivity contribution in [1.82, 2.24) is 10.6 Å². The van der Waals surface area contributed by atoms with Crippen LogP contribution in [0, 0.1) is 0 Å². The molecule has 1 aromatic carbocycles. The first-order valence-electron chi connectivity index (χ1n) is 9.73. The second-order valence-corrected chi connectivity index (χ2v) is 7.55. The first-order chi connectivity index (χ1) is 12.8. The Morgan fingerprint density at radius 2 is 1.96 bits per heavy atom. The zero-order valence-electron chi connectivity index (χ0n) is 15.2. The Bertz CT molecular complexity index is 637. The van der Waals surface area contributed by atoms with E-state index in [1.807, 2.05) is 6.07 Å². The van der Waals surface area contributed by atoms with Gasteiger partial charge >= 0.3 is 0 Å². The number of hydrogen-bond donors (Lipinski definition) is 2. The van der Waals surface area contributed by atoms with Gasteiger partial charge in [0.1, 0.15) is 13.2 Å². The molecule has 6 nitrogen and oxygen atoms in total. The predicted octanol–water partition coefficient (Wildman–Crippen LogP) is 1.76. The highest BCUT2D eigenvalue weighted by molar-refractivity contribution is 5.76. The van der Waals surface area contributed by atoms with Gasteiger partial charge < -0.3 is 24.8 Å². The van der Waals surface area contributed by atoms with Gasteiger partial charge in [0.15, 0.2) is 11.5 Å². The summed E-state index contributed by atoms with van der Waals surface area (Å²) < 4.78 is 16.8. The van der Waals surface area contributed by atoms with E-state index in [1.165, 1.54) is 18.4 Å². The summed E-state index contributed by atoms with van der Waals surface area (Å²) in [6.45, 7) is 4.04. The first kappa shape index (κ1) is 17.6. The van der Waals surface area contributed by atoms with Gasteiger partial charge in [-0.1, -0.05) is 18.9 Å². The van der Waals surface area contributed by atoms with E-state index in [1.54, 1.807) is 0 Å². The van der Waals surface area contributed by atoms with Crippen LogP contribution < -0.4 is 20.1 Å². The number of hydrogen-bond acceptors (Lipinski definition) is 5. The molecule has 6 heteroatoms. The van der Waals surface area contributed by atoms with Crippen LogP contribution in [0.3, 0.4) is 0 Å². The molecule has 3 aliphatic rings. The van der Waals surface area contributed by atoms with E-state index in [9.17, 15) is 4.79 Å². The maximum atomic E-state index is 12.4. The van der Waals surface area contributed by atoms with Gasteiger partial charge in [-0.2, -0.15) is 0 Å². The third-order valence-electron chi connectivity index (χ3n) is 5.77. The van der Waals surface area contributed by atoms with Gasteiger partial charge in [0.2, 0.25) is 5.91 Å². The Kier molecular flexibility index (Phi) is 5.31. The van der Waals surface area contributed by atoms with Crippen molar-refractivity contribution in [3.8, 4) is 11.5 Å². The quantitative estimate of drug-likeness (QED) is 0.838. The number of ether oxygens (including phenoxy) is 3. The highest BCUT2D eigenvalue weighted by atomic mass is 16.6. The fourth-order valence-electron chi connectivity index (χ4n) is 4.31. The largest absolute Gasteiger partial charge is 0.486 e. The third-order valence-corrected chi connectivity index (χ3v) is 5.77. The molecule has 0 bridgehead atoms. The first-order valence-corrected chi connectivity index (χ1v) is 9.73. The molecule has 1 saturated carbocycles. The Hall–Kier alpha value is -1.79. The molecule has 26 heavy (non-hydrogen) atoms. The maximum Gasteiger partial charge on any atom is 0.221 e. The topological polar surface area (TPSA) is 68.8 Å². The van der Waals surface area contributed by atoms with Crippen LogP contribution in [0.5, 0.6) is 11.5 Å². The summed E-state index contributed by atoms with van der Waals surface area (Å²) >= 11 is 0. The van der Waals surface area contributed by atoms with Crippen molar-refractivity contribution in [2.24, 2.45) is 0 Å². The Morgan fingerprint density at radius 1 is 1.15 bits per heavy atom. The monoisotopic (exact) mass is 360 g/mol. The highest BCUT2D eigenvalue weighted by Gasteiger charge is 2.37. The van der Waals surface area contributed by atoms with Gasteiger partial charge in [0.25, 0.3) is 0 Å². The number of nitrogens with one attached hydrogen (secondary N) is 2. The summed E-state index contributed by atoms with van der Waals surface area (Å²) in [5.74, 6) is 1.74. The van der Waals surface area contributed by atoms with Crippen molar-refractivity contribution in [3.05, 3.63) is 23.8 Å². The molecule has 4 rings (SSSR count). The lowest BCUT2D eigenvalue weighted by atomic mass is 9.78. The third kappa shape index (κ3) is 3.81. The van der Waals surface area contributed by atoms with Crippen LogP contribution in [0.4, 0.5) is 0 Å². The Morgan fingerprint density at radius 3 is 2.73 bits per heavy atom. The average Bonchev–Trinajstić information content (AvgIpc) is 3.17. The number of benzene rings is 1. The molecule has 2 heterocycles. The summed E-state index contributed by atoms with van der Waals surface area (Å²) in [6, 6.07) is 6.39. The van der Waals surface area contributed by atoms with Crippen LogP contribution in [0.25, 0.3) is 0 Å². The zero-order chi connectivity index (χ0) is 17.8. The number of amides is 1. The molecular formula is C20H28N2O4. The lowest BCUT2D eigenvalue weighted by Gasteiger charge is -2.32. The minimum Gasteiger partial charge on any atom is -0.486 e. The molecule has 1 saturated heterocycles. The van der Waals surface area contributed by atoms with Crippen molar-refractivity contribution >= 4 is 5.91 Å². The molecule has 1 atom stereocenters. The second-order valence-electron chi connectivity index (χ2n) is 7.55. The standard InChI is InChI=1S/C20H28N2O4/c23-19(12-16-13-24-8-7-21-16)22-14-20(5-1-2-6-20)15-3-4-17-18(11-15)26-10-9-25-17/h3-4,11,16,21H,1-2,5-10,12-14H2,(H,22,23). The van der Waals surface area contributed by atoms with E-state index >= 15 is 0 Å². The summed E-state index contributed by atoms with van der Waals surface area (Å²) in [5, 5.41) is 6.52. The smallest absolute Gasteiger partial charge is 0.221 e. The van der Waals surface area contributed by atoms with E-state index in [0.29, 0.717) is 32.8 Å². The number of fused-ring (bicyclic) bond motifs is 1. The van der Waals surface area contributed by atoms with Crippen LogP contribution in [-0.4, -0.2) is 51.5 Å². The summed E-state index contributed by atoms with van der Waals surface area (Å²) in [7, 11) is 0. The zero-order valence-corrected chi connectivity index (χ0v) is 15.2. The van der Waals surface area contributed by atoms with Gasteiger partial charge in [-0.05, 0) is 30.5 Å². The van der Waals surface area contributed by atoms with Gasteiger partial charge in [-0.25, -0.2) is 0 Å². The molecule has 2 aliphatic heterocycles. The molecule has 1 unspecified atom stereocenters. The Labute approximate surface area is 154 Å². The fourth-order valence-corrected chi connectivity index (χ4v) is 4.31. The lowest BCUT2D eigenvalue weighted by molar-refractivity contribution is -0.122. The number of carbonyl (C=O) groups is 1. The molecular weight excluding hydrogens is 332 g/mol. The molecule has 2 N–H and O–H groups in total. The van der Waals surface area contributed by atoms with Crippen molar-refractivity contribution in [3.63, 3.8) is 0 Å². The normalized spacial score (nSPS) is 24.2. The fraction of sp³-hybridized carbons (Fsp3) is 0.650. The summed E-state index contributed by atoms with van der Waals surface area (Å²) in [6.07, 6.45) is 5.05. The van der Waals surface area contributed by atoms with Crippen LogP contribution in [-0.2, 0) is 14.9 Å². The van der Waals surface area contributed by atoms with Gasteiger partial charge in [0.05, 0.1) is 13.2 Å². The van der Waals surface area contributed by atoms with Crippen molar-refractivity contribution in [2.45, 2.75) is 43.6 Å². The molecule has 0 aromatic heterocycles. The SMILES string of the molecule is O=C(CC1COCCN1)NCC1(c2ccc3c(c2)OCCO3)CCCC1. The van der Waals surface area contributed by atoms with E-state index in [0.717, 1.165) is 37.5 Å². The van der Waals surface area contributed by atoms with Crippen LogP contribution in [0.1, 0.15) is 37.7 Å². The number of rotatable bonds is 5. The highest BCUT2D eigenvalue weighted by Crippen LogP contribution is 2.43. The van der Waals surface area contributed by atoms with E-state index in [-0.39, 0.29) is 17.4 Å². The summed E-state index contributed by atoms with van der Waals surface area (Å²) in [5.41, 5.74) is 1.25. The molecule has 1 aromatic rings. The molecule has 2 fully saturated rings. The van der Waals surface area contributed by atoms with Crippen molar-refractivity contribution < 1.29 is 19.0 Å². The molecule has 0 spiro atoms. The lowest BCUT2D eigenvalue weighted by Crippen LogP contribution is -2.46. The van der Waals surface area contributed by atoms with E-state index in [2.05, 4.69) is 22.8 Å². The predicted molar refractivity (Wildman–Crippen MR) is 97.8 cm³/mol. The minimum absolute atomic E-state index is 0.00197. The molecule has 1 aliphatic carbocycles. The van der Waals surface area contributed by atoms with Gasteiger partial charge in [0, 0.05) is 31.0 Å². The number of morpholine rings is 1. The van der Waals surface area contributed by atoms with Gasteiger partial charge in [-0.15, -0.1) is 0 Å². The van der Waals surface area contributed by atoms with Crippen LogP contribution in [0.2, 0.25) is 0 Å². The molecule has 142 valence electrons. The van der Waals surface area contributed by atoms with Crippen molar-refractivity contribution in [1.29, 1.82) is 0 Å². The molecule has 0 radical (unpaired) electrons. The van der Waals surface area contributed by atoms with Crippen LogP contribution >= 0.6 is 0 Å². The Balaban J connectivity index is 1.42. The van der Waals surface area contributed by atoms with Crippen LogP contribution in [0.15, 0.2) is 18.2 Å². The minimum atomic E-state index is 0.00197. The average molecular weight is 360 g/mol. The van der Waals surface area contributed by atoms with Crippen molar-refractivity contribution in [2.75, 3.05) is 39.5 Å². The summed E-state index contributed by atoms with van der Waals surface area (Å²) in [4.78, 5) is 12.4. The van der Waals surface area contributed by atoms with Gasteiger partial charge in [-0.3, -0.25) is 4.79 Å². The van der Waals surface area contributed by atoms with E-state index < -0.39 is 0 Å². The maximum absolute atomic E-state index is 12.4.